The van der Waals surface area contributed by atoms with Gasteiger partial charge in [0.05, 0.1) is 28.1 Å². The molecule has 3 fully saturated rings. The van der Waals surface area contributed by atoms with Crippen LogP contribution in [-0.2, 0) is 15.9 Å². The van der Waals surface area contributed by atoms with Crippen molar-refractivity contribution < 1.29 is 9.47 Å². The Hall–Kier alpha value is -2.45. The molecule has 0 unspecified atom stereocenters. The lowest BCUT2D eigenvalue weighted by Crippen LogP contribution is -2.27. The molecule has 198 valence electrons. The maximum atomic E-state index is 6.50. The van der Waals surface area contributed by atoms with Crippen molar-refractivity contribution in [1.29, 1.82) is 0 Å². The van der Waals surface area contributed by atoms with E-state index in [0.717, 1.165) is 59.5 Å². The van der Waals surface area contributed by atoms with Crippen LogP contribution < -0.4 is 5.32 Å². The van der Waals surface area contributed by atoms with Gasteiger partial charge in [0.1, 0.15) is 29.0 Å². The number of aromatic nitrogens is 4. The van der Waals surface area contributed by atoms with Crippen LogP contribution in [0.4, 0.5) is 5.82 Å². The van der Waals surface area contributed by atoms with Crippen molar-refractivity contribution in [3.05, 3.63) is 58.6 Å². The first-order valence-electron chi connectivity index (χ1n) is 13.5. The SMILES string of the molecule is CC1(C)O[C@@H]2[C@@H](CCc3ccc4cc(Cl)c(NCC5CC5)nc4c3)C[C@@H](n3ccc4c(Cl)ncnc43)[C@@H]2O1. The van der Waals surface area contributed by atoms with E-state index in [1.165, 1.54) is 24.7 Å². The van der Waals surface area contributed by atoms with E-state index in [4.69, 9.17) is 37.7 Å². The molecule has 0 radical (unpaired) electrons. The van der Waals surface area contributed by atoms with E-state index >= 15 is 0 Å². The van der Waals surface area contributed by atoms with E-state index in [1.54, 1.807) is 0 Å². The number of benzene rings is 1. The fraction of sp³-hybridized carbons (Fsp3) is 0.483. The third kappa shape index (κ3) is 4.53. The van der Waals surface area contributed by atoms with Gasteiger partial charge in [0.15, 0.2) is 5.79 Å². The van der Waals surface area contributed by atoms with Crippen molar-refractivity contribution >= 4 is 51.0 Å². The number of hydrogen-bond donors (Lipinski definition) is 1. The average Bonchev–Trinajstić information content (AvgIpc) is 3.41. The molecule has 2 saturated carbocycles. The molecule has 1 aromatic carbocycles. The van der Waals surface area contributed by atoms with E-state index in [-0.39, 0.29) is 18.2 Å². The quantitative estimate of drug-likeness (QED) is 0.254. The van der Waals surface area contributed by atoms with Crippen LogP contribution in [0.2, 0.25) is 10.2 Å². The van der Waals surface area contributed by atoms with Crippen LogP contribution in [0.15, 0.2) is 42.9 Å². The Bertz CT molecular complexity index is 1520. The summed E-state index contributed by atoms with van der Waals surface area (Å²) in [5.41, 5.74) is 3.09. The number of fused-ring (bicyclic) bond motifs is 3. The molecule has 0 spiro atoms. The first-order valence-corrected chi connectivity index (χ1v) is 14.3. The van der Waals surface area contributed by atoms with Crippen molar-refractivity contribution in [3.63, 3.8) is 0 Å². The van der Waals surface area contributed by atoms with E-state index < -0.39 is 5.79 Å². The molecule has 0 bridgehead atoms. The number of ether oxygens (including phenoxy) is 2. The highest BCUT2D eigenvalue weighted by atomic mass is 35.5. The highest BCUT2D eigenvalue weighted by molar-refractivity contribution is 6.34. The van der Waals surface area contributed by atoms with Crippen molar-refractivity contribution in [2.24, 2.45) is 11.8 Å². The monoisotopic (exact) mass is 551 g/mol. The highest BCUT2D eigenvalue weighted by Crippen LogP contribution is 2.49. The second-order valence-corrected chi connectivity index (χ2v) is 12.2. The van der Waals surface area contributed by atoms with Gasteiger partial charge in [-0.05, 0) is 81.5 Å². The van der Waals surface area contributed by atoms with Crippen molar-refractivity contribution in [2.75, 3.05) is 11.9 Å². The molecular formula is C29H31Cl2N5O2. The van der Waals surface area contributed by atoms with Crippen molar-refractivity contribution in [2.45, 2.75) is 70.0 Å². The van der Waals surface area contributed by atoms with Gasteiger partial charge in [0.25, 0.3) is 0 Å². The van der Waals surface area contributed by atoms with E-state index in [0.29, 0.717) is 16.1 Å². The summed E-state index contributed by atoms with van der Waals surface area (Å²) in [6, 6.07) is 10.6. The molecular weight excluding hydrogens is 521 g/mol. The van der Waals surface area contributed by atoms with Crippen LogP contribution in [0.1, 0.15) is 51.1 Å². The number of anilines is 1. The summed E-state index contributed by atoms with van der Waals surface area (Å²) in [6.07, 6.45) is 9.04. The molecule has 4 aromatic rings. The molecule has 2 aliphatic carbocycles. The zero-order valence-electron chi connectivity index (χ0n) is 21.5. The summed E-state index contributed by atoms with van der Waals surface area (Å²) >= 11 is 12.8. The fourth-order valence-corrected chi connectivity index (χ4v) is 6.62. The van der Waals surface area contributed by atoms with E-state index in [2.05, 4.69) is 44.2 Å². The first-order chi connectivity index (χ1) is 18.3. The molecule has 3 aromatic heterocycles. The number of nitrogens with one attached hydrogen (secondary N) is 1. The van der Waals surface area contributed by atoms with Gasteiger partial charge in [0.2, 0.25) is 0 Å². The van der Waals surface area contributed by atoms with Crippen molar-refractivity contribution in [1.82, 2.24) is 19.5 Å². The molecule has 38 heavy (non-hydrogen) atoms. The maximum absolute atomic E-state index is 6.50. The second kappa shape index (κ2) is 9.33. The molecule has 7 rings (SSSR count). The largest absolute Gasteiger partial charge is 0.369 e. The van der Waals surface area contributed by atoms with Gasteiger partial charge in [-0.15, -0.1) is 0 Å². The van der Waals surface area contributed by atoms with Gasteiger partial charge < -0.3 is 19.4 Å². The van der Waals surface area contributed by atoms with E-state index in [9.17, 15) is 0 Å². The van der Waals surface area contributed by atoms with Crippen LogP contribution in [-0.4, -0.2) is 44.1 Å². The molecule has 4 atom stereocenters. The molecule has 9 heteroatoms. The Kier molecular flexibility index (Phi) is 6.04. The Morgan fingerprint density at radius 2 is 1.92 bits per heavy atom. The predicted octanol–water partition coefficient (Wildman–Crippen LogP) is 6.82. The van der Waals surface area contributed by atoms with Gasteiger partial charge in [-0.3, -0.25) is 0 Å². The molecule has 3 aliphatic rings. The molecule has 7 nitrogen and oxygen atoms in total. The Morgan fingerprint density at radius 1 is 1.08 bits per heavy atom. The standard InChI is InChI=1S/C29H31Cl2N5O2/c1-29(2)37-24-19(13-23(25(24)38-29)36-10-9-20-26(31)33-15-34-28(20)36)8-6-16-5-7-18-12-21(30)27(35-22(18)11-16)32-14-17-3-4-17/h5,7,9-12,15,17,19,23-25H,3-4,6,8,13-14H2,1-2H3,(H,32,35)/t19-,23+,24+,25-/m0/s1. The summed E-state index contributed by atoms with van der Waals surface area (Å²) in [5, 5.41) is 6.51. The number of aryl methyl sites for hydroxylation is 1. The minimum absolute atomic E-state index is 0.0281. The van der Waals surface area contributed by atoms with Crippen LogP contribution in [0.25, 0.3) is 21.9 Å². The average molecular weight is 553 g/mol. The van der Waals surface area contributed by atoms with Gasteiger partial charge in [-0.2, -0.15) is 0 Å². The third-order valence-electron chi connectivity index (χ3n) is 8.26. The normalized spacial score (nSPS) is 26.3. The van der Waals surface area contributed by atoms with E-state index in [1.807, 2.05) is 26.0 Å². The van der Waals surface area contributed by atoms with Crippen molar-refractivity contribution in [3.8, 4) is 0 Å². The Labute approximate surface area is 231 Å². The zero-order chi connectivity index (χ0) is 26.0. The van der Waals surface area contributed by atoms with Crippen LogP contribution >= 0.6 is 23.2 Å². The smallest absolute Gasteiger partial charge is 0.163 e. The molecule has 1 saturated heterocycles. The molecule has 4 heterocycles. The lowest BCUT2D eigenvalue weighted by Gasteiger charge is -2.24. The number of nitrogens with zero attached hydrogens (tertiary/aromatic N) is 4. The fourth-order valence-electron chi connectivity index (χ4n) is 6.20. The van der Waals surface area contributed by atoms with Crippen LogP contribution in [0, 0.1) is 11.8 Å². The predicted molar refractivity (Wildman–Crippen MR) is 150 cm³/mol. The highest BCUT2D eigenvalue weighted by Gasteiger charge is 2.54. The number of pyridine rings is 1. The molecule has 1 aliphatic heterocycles. The number of rotatable bonds is 7. The van der Waals surface area contributed by atoms with Crippen LogP contribution in [0.5, 0.6) is 0 Å². The number of halogens is 2. The third-order valence-corrected chi connectivity index (χ3v) is 8.85. The summed E-state index contributed by atoms with van der Waals surface area (Å²) in [6.45, 7) is 4.94. The maximum Gasteiger partial charge on any atom is 0.163 e. The summed E-state index contributed by atoms with van der Waals surface area (Å²) in [4.78, 5) is 13.5. The number of hydrogen-bond acceptors (Lipinski definition) is 6. The van der Waals surface area contributed by atoms with Gasteiger partial charge in [-0.25, -0.2) is 15.0 Å². The summed E-state index contributed by atoms with van der Waals surface area (Å²) < 4.78 is 15.1. The van der Waals surface area contributed by atoms with Gasteiger partial charge in [0, 0.05) is 18.1 Å². The van der Waals surface area contributed by atoms with Gasteiger partial charge in [-0.1, -0.05) is 35.3 Å². The first kappa shape index (κ1) is 24.6. The topological polar surface area (TPSA) is 74.1 Å². The lowest BCUT2D eigenvalue weighted by atomic mass is 9.95. The Morgan fingerprint density at radius 3 is 2.76 bits per heavy atom. The summed E-state index contributed by atoms with van der Waals surface area (Å²) in [5.74, 6) is 1.28. The summed E-state index contributed by atoms with van der Waals surface area (Å²) in [7, 11) is 0. The minimum Gasteiger partial charge on any atom is -0.369 e. The Balaban J connectivity index is 1.12. The second-order valence-electron chi connectivity index (χ2n) is 11.5. The van der Waals surface area contributed by atoms with Gasteiger partial charge >= 0.3 is 0 Å². The lowest BCUT2D eigenvalue weighted by molar-refractivity contribution is -0.160. The molecule has 1 N–H and O–H groups in total. The molecule has 0 amide bonds. The minimum atomic E-state index is -0.613. The zero-order valence-corrected chi connectivity index (χ0v) is 23.0. The van der Waals surface area contributed by atoms with Crippen LogP contribution in [0.3, 0.4) is 0 Å².